The molecular weight excluding hydrogens is 201 g/mol. The van der Waals surface area contributed by atoms with Crippen LogP contribution in [0.3, 0.4) is 0 Å². The molecule has 1 nitrogen and oxygen atoms in total. The van der Waals surface area contributed by atoms with Gasteiger partial charge >= 0.3 is 16.1 Å². The summed E-state index contributed by atoms with van der Waals surface area (Å²) in [6, 6.07) is 4.04. The maximum Gasteiger partial charge on any atom is 0.331 e. The molecule has 0 unspecified atom stereocenters. The lowest BCUT2D eigenvalue weighted by Gasteiger charge is -1.82. The van der Waals surface area contributed by atoms with Crippen LogP contribution in [0.5, 0.6) is 0 Å². The van der Waals surface area contributed by atoms with Crippen LogP contribution in [0.25, 0.3) is 0 Å². The van der Waals surface area contributed by atoms with Crippen LogP contribution in [0.2, 0.25) is 0 Å². The second-order valence-electron chi connectivity index (χ2n) is 1.73. The largest absolute Gasteiger partial charge is 1.00 e. The van der Waals surface area contributed by atoms with E-state index in [-0.39, 0.29) is 12.4 Å². The molecule has 0 saturated carbocycles. The van der Waals surface area contributed by atoms with E-state index in [1.807, 2.05) is 22.1 Å². The third kappa shape index (κ3) is 2.82. The van der Waals surface area contributed by atoms with E-state index < -0.39 is 0 Å². The average Bonchev–Trinajstić information content (AvgIpc) is 1.64. The van der Waals surface area contributed by atoms with Gasteiger partial charge in [-0.05, 0) is 13.0 Å². The van der Waals surface area contributed by atoms with Crippen molar-refractivity contribution in [2.45, 2.75) is 6.92 Å². The van der Waals surface area contributed by atoms with Gasteiger partial charge in [-0.1, -0.05) is 0 Å². The predicted molar refractivity (Wildman–Crippen MR) is 35.7 cm³/mol. The molecule has 0 bridgehead atoms. The molecule has 0 N–H and O–H groups in total. The fraction of sp³-hybridized carbons (Fsp3) is 0.167. The quantitative estimate of drug-likeness (QED) is 0.486. The second-order valence-corrected chi connectivity index (χ2v) is 2.54. The van der Waals surface area contributed by atoms with Crippen molar-refractivity contribution in [3.05, 3.63) is 30.1 Å². The van der Waals surface area contributed by atoms with Gasteiger partial charge in [-0.15, -0.1) is 3.59 Å². The summed E-state index contributed by atoms with van der Waals surface area (Å²) >= 11 is 3.28. The highest BCUT2D eigenvalue weighted by molar-refractivity contribution is 9.04. The van der Waals surface area contributed by atoms with Crippen LogP contribution in [0, 0.1) is 6.92 Å². The molecule has 0 amide bonds. The summed E-state index contributed by atoms with van der Waals surface area (Å²) in [6.07, 6.45) is 3.94. The lowest BCUT2D eigenvalue weighted by atomic mass is 10.3. The third-order valence-electron chi connectivity index (χ3n) is 0.915. The minimum Gasteiger partial charge on any atom is -1.00 e. The molecule has 1 heterocycles. The third-order valence-corrected chi connectivity index (χ3v) is 1.36. The van der Waals surface area contributed by atoms with Crippen LogP contribution in [0.15, 0.2) is 24.5 Å². The lowest BCUT2D eigenvalue weighted by Crippen LogP contribution is -3.00. The Labute approximate surface area is 69.5 Å². The predicted octanol–water partition coefficient (Wildman–Crippen LogP) is -1.56. The number of nitrogens with zero attached hydrogens (tertiary/aromatic N) is 1. The summed E-state index contributed by atoms with van der Waals surface area (Å²) in [7, 11) is 0. The molecule has 0 aliphatic rings. The van der Waals surface area contributed by atoms with Gasteiger partial charge in [0.15, 0.2) is 12.4 Å². The average molecular weight is 208 g/mol. The van der Waals surface area contributed by atoms with Gasteiger partial charge in [0, 0.05) is 11.6 Å². The number of hydrogen-bond donors (Lipinski definition) is 0. The van der Waals surface area contributed by atoms with Crippen LogP contribution in [-0.4, -0.2) is 0 Å². The zero-order chi connectivity index (χ0) is 5.98. The Balaban J connectivity index is 0.000000640. The van der Waals surface area contributed by atoms with Gasteiger partial charge in [-0.3, -0.25) is 0 Å². The molecule has 1 aromatic heterocycles. The summed E-state index contributed by atoms with van der Waals surface area (Å²) in [5.74, 6) is 0. The molecule has 0 fully saturated rings. The van der Waals surface area contributed by atoms with Crippen molar-refractivity contribution in [3.8, 4) is 0 Å². The molecule has 3 heteroatoms. The molecule has 50 valence electrons. The van der Waals surface area contributed by atoms with Crippen molar-refractivity contribution in [2.24, 2.45) is 0 Å². The smallest absolute Gasteiger partial charge is 0.331 e. The maximum absolute atomic E-state index is 3.28. The lowest BCUT2D eigenvalue weighted by molar-refractivity contribution is -0.474. The Kier molecular flexibility index (Phi) is 3.82. The number of aromatic nitrogens is 1. The van der Waals surface area contributed by atoms with E-state index in [9.17, 15) is 0 Å². The van der Waals surface area contributed by atoms with Crippen molar-refractivity contribution in [1.29, 1.82) is 0 Å². The summed E-state index contributed by atoms with van der Waals surface area (Å²) in [4.78, 5) is 0. The standard InChI is InChI=1S/C6H7BrN.ClH/c1-6-3-2-4-8(7)5-6;/h2-5H,1H3;1H/q+1;/p-1. The molecule has 0 spiro atoms. The summed E-state index contributed by atoms with van der Waals surface area (Å²) < 4.78 is 1.85. The Hall–Kier alpha value is -0.0800. The topological polar surface area (TPSA) is 3.88 Å². The van der Waals surface area contributed by atoms with Crippen molar-refractivity contribution in [2.75, 3.05) is 0 Å². The zero-order valence-electron chi connectivity index (χ0n) is 5.01. The summed E-state index contributed by atoms with van der Waals surface area (Å²) in [6.45, 7) is 2.05. The number of halogens is 2. The number of pyridine rings is 1. The second kappa shape index (κ2) is 3.85. The number of aryl methyl sites for hydroxylation is 1. The molecular formula is C6H7BrClN. The fourth-order valence-electron chi connectivity index (χ4n) is 0.558. The highest BCUT2D eigenvalue weighted by Gasteiger charge is 1.90. The first-order valence-electron chi connectivity index (χ1n) is 2.43. The van der Waals surface area contributed by atoms with Gasteiger partial charge in [-0.2, -0.15) is 0 Å². The first-order chi connectivity index (χ1) is 3.79. The molecule has 9 heavy (non-hydrogen) atoms. The highest BCUT2D eigenvalue weighted by atomic mass is 79.9. The van der Waals surface area contributed by atoms with Gasteiger partial charge in [-0.25, -0.2) is 0 Å². The van der Waals surface area contributed by atoms with Crippen molar-refractivity contribution >= 4 is 16.1 Å². The molecule has 0 atom stereocenters. The van der Waals surface area contributed by atoms with E-state index in [4.69, 9.17) is 0 Å². The minimum atomic E-state index is 0. The van der Waals surface area contributed by atoms with E-state index >= 15 is 0 Å². The molecule has 1 aromatic rings. The van der Waals surface area contributed by atoms with Crippen LogP contribution < -0.4 is 16.0 Å². The summed E-state index contributed by atoms with van der Waals surface area (Å²) in [5, 5.41) is 0. The van der Waals surface area contributed by atoms with E-state index in [2.05, 4.69) is 29.1 Å². The molecule has 0 aliphatic heterocycles. The Bertz CT molecular complexity index is 173. The van der Waals surface area contributed by atoms with E-state index in [1.165, 1.54) is 5.56 Å². The van der Waals surface area contributed by atoms with E-state index in [0.717, 1.165) is 0 Å². The number of hydrogen-bond acceptors (Lipinski definition) is 0. The van der Waals surface area contributed by atoms with Crippen LogP contribution in [-0.2, 0) is 0 Å². The van der Waals surface area contributed by atoms with Gasteiger partial charge in [0.1, 0.15) is 0 Å². The van der Waals surface area contributed by atoms with Gasteiger partial charge in [0.25, 0.3) is 0 Å². The van der Waals surface area contributed by atoms with Crippen molar-refractivity contribution in [3.63, 3.8) is 0 Å². The van der Waals surface area contributed by atoms with Crippen LogP contribution >= 0.6 is 16.1 Å². The molecule has 1 rings (SSSR count). The van der Waals surface area contributed by atoms with E-state index in [1.54, 1.807) is 0 Å². The zero-order valence-corrected chi connectivity index (χ0v) is 7.35. The molecule has 0 saturated heterocycles. The van der Waals surface area contributed by atoms with Gasteiger partial charge in [0.2, 0.25) is 0 Å². The molecule has 0 aromatic carbocycles. The molecule has 0 radical (unpaired) electrons. The first kappa shape index (κ1) is 8.92. The monoisotopic (exact) mass is 207 g/mol. The highest BCUT2D eigenvalue weighted by Crippen LogP contribution is 1.89. The SMILES string of the molecule is Cc1ccc[n+](Br)c1.[Cl-]. The summed E-state index contributed by atoms with van der Waals surface area (Å²) in [5.41, 5.74) is 1.25. The molecule has 0 aliphatic carbocycles. The van der Waals surface area contributed by atoms with Crippen molar-refractivity contribution < 1.29 is 16.0 Å². The maximum atomic E-state index is 3.28. The van der Waals surface area contributed by atoms with Gasteiger partial charge in [0.05, 0.1) is 0 Å². The van der Waals surface area contributed by atoms with E-state index in [0.29, 0.717) is 0 Å². The number of rotatable bonds is 0. The fourth-order valence-corrected chi connectivity index (χ4v) is 1.02. The minimum absolute atomic E-state index is 0. The van der Waals surface area contributed by atoms with Gasteiger partial charge < -0.3 is 12.4 Å². The Morgan fingerprint density at radius 2 is 2.22 bits per heavy atom. The Morgan fingerprint density at radius 3 is 2.56 bits per heavy atom. The van der Waals surface area contributed by atoms with Crippen molar-refractivity contribution in [1.82, 2.24) is 0 Å². The normalized spacial score (nSPS) is 8.22. The Morgan fingerprint density at radius 1 is 1.56 bits per heavy atom. The first-order valence-corrected chi connectivity index (χ1v) is 3.14. The van der Waals surface area contributed by atoms with Crippen LogP contribution in [0.4, 0.5) is 0 Å². The van der Waals surface area contributed by atoms with Crippen LogP contribution in [0.1, 0.15) is 5.56 Å².